The molecule has 0 fully saturated rings. The van der Waals surface area contributed by atoms with E-state index >= 15 is 0 Å². The molecule has 48 valence electrons. The van der Waals surface area contributed by atoms with Crippen LogP contribution in [-0.4, -0.2) is 20.4 Å². The molecule has 0 aliphatic carbocycles. The zero-order valence-corrected chi connectivity index (χ0v) is 7.80. The van der Waals surface area contributed by atoms with Gasteiger partial charge in [0.15, 0.2) is 0 Å². The van der Waals surface area contributed by atoms with Crippen LogP contribution in [0.3, 0.4) is 0 Å². The fourth-order valence-electron chi connectivity index (χ4n) is 0.755. The molecule has 9 heavy (non-hydrogen) atoms. The summed E-state index contributed by atoms with van der Waals surface area (Å²) >= 11 is -0.100. The SMILES string of the molecule is Cc1cc(=O)cc(C)[te]1. The average Bonchev–Trinajstić information content (AvgIpc) is 1.59. The van der Waals surface area contributed by atoms with Crippen molar-refractivity contribution < 1.29 is 0 Å². The summed E-state index contributed by atoms with van der Waals surface area (Å²) in [6.45, 7) is 4.08. The van der Waals surface area contributed by atoms with Gasteiger partial charge in [-0.1, -0.05) is 0 Å². The summed E-state index contributed by atoms with van der Waals surface area (Å²) in [6.07, 6.45) is 0. The van der Waals surface area contributed by atoms with Crippen molar-refractivity contribution in [2.75, 3.05) is 0 Å². The molecule has 2 heteroatoms. The second kappa shape index (κ2) is 2.68. The van der Waals surface area contributed by atoms with Crippen molar-refractivity contribution in [2.45, 2.75) is 13.8 Å². The maximum absolute atomic E-state index is 10.8. The Morgan fingerprint density at radius 3 is 2.00 bits per heavy atom. The van der Waals surface area contributed by atoms with Crippen molar-refractivity contribution in [3.05, 3.63) is 29.5 Å². The molecule has 0 aliphatic heterocycles. The second-order valence-corrected chi connectivity index (χ2v) is 6.27. The quantitative estimate of drug-likeness (QED) is 0.606. The van der Waals surface area contributed by atoms with Crippen LogP contribution in [0, 0.1) is 13.8 Å². The molecule has 0 spiro atoms. The van der Waals surface area contributed by atoms with Crippen LogP contribution in [0.4, 0.5) is 0 Å². The predicted octanol–water partition coefficient (Wildman–Crippen LogP) is 0.721. The minimum absolute atomic E-state index is 0.100. The molecule has 1 heterocycles. The molecule has 0 saturated carbocycles. The summed E-state index contributed by atoms with van der Waals surface area (Å²) in [5, 5.41) is 0. The van der Waals surface area contributed by atoms with Gasteiger partial charge in [-0.25, -0.2) is 0 Å². The van der Waals surface area contributed by atoms with Crippen LogP contribution in [0.15, 0.2) is 16.9 Å². The zero-order chi connectivity index (χ0) is 6.85. The minimum atomic E-state index is -0.100. The van der Waals surface area contributed by atoms with Crippen LogP contribution in [0.2, 0.25) is 0 Å². The van der Waals surface area contributed by atoms with Crippen molar-refractivity contribution in [3.63, 3.8) is 0 Å². The summed E-state index contributed by atoms with van der Waals surface area (Å²) < 4.78 is 2.59. The molecule has 1 nitrogen and oxygen atoms in total. The molecule has 0 aliphatic rings. The molecule has 1 aromatic heterocycles. The summed E-state index contributed by atoms with van der Waals surface area (Å²) in [6, 6.07) is 3.49. The van der Waals surface area contributed by atoms with Crippen molar-refractivity contribution in [1.29, 1.82) is 0 Å². The van der Waals surface area contributed by atoms with Gasteiger partial charge in [-0.2, -0.15) is 0 Å². The third-order valence-corrected chi connectivity index (χ3v) is 3.52. The first-order valence-corrected chi connectivity index (χ1v) is 5.10. The molecule has 0 amide bonds. The van der Waals surface area contributed by atoms with Crippen LogP contribution in [0.25, 0.3) is 0 Å². The van der Waals surface area contributed by atoms with E-state index in [0.29, 0.717) is 0 Å². The molecule has 0 radical (unpaired) electrons. The van der Waals surface area contributed by atoms with Crippen LogP contribution in [0.1, 0.15) is 7.16 Å². The number of hydrogen-bond acceptors (Lipinski definition) is 1. The Morgan fingerprint density at radius 2 is 1.67 bits per heavy atom. The first-order valence-electron chi connectivity index (χ1n) is 2.77. The standard InChI is InChI=1S/C7H8OTe/c1-5-3-7(8)4-6(2)9-5/h3-4H,1-2H3. The van der Waals surface area contributed by atoms with E-state index in [-0.39, 0.29) is 25.9 Å². The van der Waals surface area contributed by atoms with Gasteiger partial charge in [0.1, 0.15) is 0 Å². The van der Waals surface area contributed by atoms with Crippen molar-refractivity contribution in [2.24, 2.45) is 0 Å². The van der Waals surface area contributed by atoms with Crippen molar-refractivity contribution in [1.82, 2.24) is 0 Å². The first-order chi connectivity index (χ1) is 4.18. The van der Waals surface area contributed by atoms with E-state index in [2.05, 4.69) is 0 Å². The van der Waals surface area contributed by atoms with Gasteiger partial charge in [-0.15, -0.1) is 0 Å². The summed E-state index contributed by atoms with van der Waals surface area (Å²) in [5.41, 5.74) is 0.168. The second-order valence-electron chi connectivity index (χ2n) is 2.01. The number of hydrogen-bond donors (Lipinski definition) is 0. The molecule has 0 unspecified atom stereocenters. The topological polar surface area (TPSA) is 17.1 Å². The maximum atomic E-state index is 10.8. The van der Waals surface area contributed by atoms with E-state index in [1.54, 1.807) is 12.1 Å². The van der Waals surface area contributed by atoms with E-state index in [1.165, 1.54) is 7.16 Å². The molecule has 0 saturated heterocycles. The van der Waals surface area contributed by atoms with E-state index in [0.717, 1.165) is 0 Å². The summed E-state index contributed by atoms with van der Waals surface area (Å²) in [5.74, 6) is 0. The third-order valence-electron chi connectivity index (χ3n) is 1.01. The van der Waals surface area contributed by atoms with Gasteiger partial charge in [0.25, 0.3) is 0 Å². The van der Waals surface area contributed by atoms with Gasteiger partial charge in [0.2, 0.25) is 0 Å². The Kier molecular flexibility index (Phi) is 2.10. The van der Waals surface area contributed by atoms with E-state index in [1.807, 2.05) is 13.8 Å². The normalized spacial score (nSPS) is 9.56. The van der Waals surface area contributed by atoms with E-state index < -0.39 is 0 Å². The molecule has 0 bridgehead atoms. The molecular weight excluding hydrogens is 228 g/mol. The van der Waals surface area contributed by atoms with Crippen LogP contribution >= 0.6 is 0 Å². The summed E-state index contributed by atoms with van der Waals surface area (Å²) in [4.78, 5) is 10.8. The Bertz CT molecular complexity index is 239. The van der Waals surface area contributed by atoms with Gasteiger partial charge in [0.05, 0.1) is 0 Å². The molecule has 0 atom stereocenters. The molecule has 1 rings (SSSR count). The third kappa shape index (κ3) is 1.96. The Hall–Kier alpha value is -0.0604. The fraction of sp³-hybridized carbons (Fsp3) is 0.286. The van der Waals surface area contributed by atoms with Gasteiger partial charge >= 0.3 is 63.8 Å². The van der Waals surface area contributed by atoms with Crippen LogP contribution in [-0.2, 0) is 0 Å². The Labute approximate surface area is 64.0 Å². The average molecular weight is 236 g/mol. The number of aryl methyl sites for hydroxylation is 2. The molecule has 1 aromatic rings. The fourth-order valence-corrected chi connectivity index (χ4v) is 3.20. The van der Waals surface area contributed by atoms with Gasteiger partial charge < -0.3 is 0 Å². The molecule has 0 aromatic carbocycles. The van der Waals surface area contributed by atoms with Gasteiger partial charge in [-0.05, 0) is 0 Å². The molecular formula is C7H8OTe. The first kappa shape index (κ1) is 7.05. The monoisotopic (exact) mass is 238 g/mol. The Balaban J connectivity index is 3.33. The van der Waals surface area contributed by atoms with Crippen LogP contribution < -0.4 is 5.43 Å². The zero-order valence-electron chi connectivity index (χ0n) is 5.47. The van der Waals surface area contributed by atoms with Gasteiger partial charge in [-0.3, -0.25) is 0 Å². The van der Waals surface area contributed by atoms with Crippen molar-refractivity contribution in [3.8, 4) is 0 Å². The Morgan fingerprint density at radius 1 is 1.22 bits per heavy atom. The van der Waals surface area contributed by atoms with Crippen LogP contribution in [0.5, 0.6) is 0 Å². The number of rotatable bonds is 0. The summed E-state index contributed by atoms with van der Waals surface area (Å²) in [7, 11) is 0. The predicted molar refractivity (Wildman–Crippen MR) is 39.1 cm³/mol. The van der Waals surface area contributed by atoms with Crippen molar-refractivity contribution >= 4 is 20.4 Å². The van der Waals surface area contributed by atoms with Gasteiger partial charge in [0, 0.05) is 0 Å². The van der Waals surface area contributed by atoms with E-state index in [4.69, 9.17) is 0 Å². The molecule has 0 N–H and O–H groups in total. The van der Waals surface area contributed by atoms with E-state index in [9.17, 15) is 4.79 Å².